The van der Waals surface area contributed by atoms with Gasteiger partial charge in [0.2, 0.25) is 0 Å². The van der Waals surface area contributed by atoms with Crippen molar-refractivity contribution < 1.29 is 10.2 Å². The van der Waals surface area contributed by atoms with Gasteiger partial charge < -0.3 is 10.2 Å². The van der Waals surface area contributed by atoms with Gasteiger partial charge in [-0.25, -0.2) is 0 Å². The summed E-state index contributed by atoms with van der Waals surface area (Å²) in [6.07, 6.45) is 0. The fourth-order valence-electron chi connectivity index (χ4n) is 3.32. The number of hydrogen-bond acceptors (Lipinski definition) is 2. The molecule has 0 aliphatic heterocycles. The van der Waals surface area contributed by atoms with Crippen LogP contribution in [0.15, 0.2) is 97.1 Å². The van der Waals surface area contributed by atoms with Crippen LogP contribution in [0, 0.1) is 0 Å². The molecule has 0 radical (unpaired) electrons. The van der Waals surface area contributed by atoms with Gasteiger partial charge in [0.25, 0.3) is 0 Å². The van der Waals surface area contributed by atoms with Crippen LogP contribution in [0.1, 0.15) is 16.7 Å². The van der Waals surface area contributed by atoms with E-state index in [1.807, 2.05) is 84.9 Å². The Balaban J connectivity index is 1.97. The van der Waals surface area contributed by atoms with Crippen LogP contribution in [-0.2, 0) is 5.60 Å². The van der Waals surface area contributed by atoms with Gasteiger partial charge in [-0.1, -0.05) is 78.9 Å². The highest BCUT2D eigenvalue weighted by atomic mass is 16.3. The SMILES string of the molecule is Oc1ccc2cc(C(O)(c3ccccc3)c3ccccc3)ccc2c1. The highest BCUT2D eigenvalue weighted by Gasteiger charge is 2.33. The smallest absolute Gasteiger partial charge is 0.140 e. The second-order valence-electron chi connectivity index (χ2n) is 6.19. The average Bonchev–Trinajstić information content (AvgIpc) is 2.68. The lowest BCUT2D eigenvalue weighted by molar-refractivity contribution is 0.126. The van der Waals surface area contributed by atoms with E-state index >= 15 is 0 Å². The predicted octanol–water partition coefficient (Wildman–Crippen LogP) is 4.83. The quantitative estimate of drug-likeness (QED) is 0.529. The first-order valence-electron chi connectivity index (χ1n) is 8.24. The van der Waals surface area contributed by atoms with E-state index in [1.54, 1.807) is 12.1 Å². The van der Waals surface area contributed by atoms with Crippen molar-refractivity contribution in [2.24, 2.45) is 0 Å². The summed E-state index contributed by atoms with van der Waals surface area (Å²) >= 11 is 0. The summed E-state index contributed by atoms with van der Waals surface area (Å²) in [7, 11) is 0. The molecule has 4 rings (SSSR count). The van der Waals surface area contributed by atoms with Crippen molar-refractivity contribution in [2.75, 3.05) is 0 Å². The molecule has 0 aliphatic carbocycles. The summed E-state index contributed by atoms with van der Waals surface area (Å²) in [5.74, 6) is 0.238. The lowest BCUT2D eigenvalue weighted by atomic mass is 9.80. The predicted molar refractivity (Wildman–Crippen MR) is 101 cm³/mol. The van der Waals surface area contributed by atoms with Crippen LogP contribution in [-0.4, -0.2) is 10.2 Å². The fraction of sp³-hybridized carbons (Fsp3) is 0.0435. The summed E-state index contributed by atoms with van der Waals surface area (Å²) < 4.78 is 0. The molecule has 0 saturated heterocycles. The molecule has 0 bridgehead atoms. The number of hydrogen-bond donors (Lipinski definition) is 2. The topological polar surface area (TPSA) is 40.5 Å². The standard InChI is InChI=1S/C23H18O2/c24-22-14-12-17-15-21(13-11-18(17)16-22)23(25,19-7-3-1-4-8-19)20-9-5-2-6-10-20/h1-16,24-25H. The van der Waals surface area contributed by atoms with Crippen LogP contribution >= 0.6 is 0 Å². The Morgan fingerprint density at radius 3 is 1.64 bits per heavy atom. The molecule has 4 aromatic rings. The van der Waals surface area contributed by atoms with Gasteiger partial charge in [-0.2, -0.15) is 0 Å². The molecule has 0 amide bonds. The average molecular weight is 326 g/mol. The summed E-state index contributed by atoms with van der Waals surface area (Å²) in [5.41, 5.74) is 1.19. The van der Waals surface area contributed by atoms with Gasteiger partial charge in [0.05, 0.1) is 0 Å². The molecule has 2 N–H and O–H groups in total. The Morgan fingerprint density at radius 1 is 0.520 bits per heavy atom. The number of phenols is 1. The van der Waals surface area contributed by atoms with Gasteiger partial charge in [-0.15, -0.1) is 0 Å². The van der Waals surface area contributed by atoms with Gasteiger partial charge in [0.15, 0.2) is 0 Å². The van der Waals surface area contributed by atoms with Crippen molar-refractivity contribution >= 4 is 10.8 Å². The van der Waals surface area contributed by atoms with E-state index in [0.717, 1.165) is 27.5 Å². The van der Waals surface area contributed by atoms with Gasteiger partial charge in [-0.05, 0) is 45.7 Å². The molecule has 4 aromatic carbocycles. The Kier molecular flexibility index (Phi) is 3.75. The minimum absolute atomic E-state index is 0.238. The van der Waals surface area contributed by atoms with E-state index in [4.69, 9.17) is 0 Å². The highest BCUT2D eigenvalue weighted by molar-refractivity contribution is 5.85. The Bertz CT molecular complexity index is 968. The van der Waals surface area contributed by atoms with Crippen molar-refractivity contribution in [1.29, 1.82) is 0 Å². The number of benzene rings is 4. The summed E-state index contributed by atoms with van der Waals surface area (Å²) in [6.45, 7) is 0. The summed E-state index contributed by atoms with van der Waals surface area (Å²) in [5, 5.41) is 23.4. The van der Waals surface area contributed by atoms with E-state index in [0.29, 0.717) is 0 Å². The molecule has 0 spiro atoms. The molecule has 0 fully saturated rings. The van der Waals surface area contributed by atoms with E-state index in [2.05, 4.69) is 0 Å². The van der Waals surface area contributed by atoms with Crippen molar-refractivity contribution in [3.8, 4) is 5.75 Å². The van der Waals surface area contributed by atoms with Crippen LogP contribution < -0.4 is 0 Å². The molecule has 0 saturated carbocycles. The second kappa shape index (κ2) is 6.08. The van der Waals surface area contributed by atoms with Crippen LogP contribution in [0.25, 0.3) is 10.8 Å². The zero-order valence-electron chi connectivity index (χ0n) is 13.6. The fourth-order valence-corrected chi connectivity index (χ4v) is 3.32. The maximum atomic E-state index is 11.8. The molecule has 0 atom stereocenters. The first-order valence-corrected chi connectivity index (χ1v) is 8.24. The van der Waals surface area contributed by atoms with E-state index < -0.39 is 5.60 Å². The number of rotatable bonds is 3. The molecular weight excluding hydrogens is 308 g/mol. The largest absolute Gasteiger partial charge is 0.508 e. The van der Waals surface area contributed by atoms with E-state index in [9.17, 15) is 10.2 Å². The number of fused-ring (bicyclic) bond motifs is 1. The van der Waals surface area contributed by atoms with Crippen LogP contribution in [0.3, 0.4) is 0 Å². The van der Waals surface area contributed by atoms with Crippen LogP contribution in [0.5, 0.6) is 5.75 Å². The molecule has 0 aliphatic rings. The molecule has 25 heavy (non-hydrogen) atoms. The molecule has 122 valence electrons. The summed E-state index contributed by atoms with van der Waals surface area (Å²) in [4.78, 5) is 0. The molecule has 0 unspecified atom stereocenters. The third-order valence-electron chi connectivity index (χ3n) is 4.62. The monoisotopic (exact) mass is 326 g/mol. The maximum absolute atomic E-state index is 11.8. The number of aromatic hydroxyl groups is 1. The third kappa shape index (κ3) is 2.67. The van der Waals surface area contributed by atoms with Crippen LogP contribution in [0.4, 0.5) is 0 Å². The minimum atomic E-state index is -1.24. The zero-order chi connectivity index (χ0) is 17.3. The van der Waals surface area contributed by atoms with Gasteiger partial charge in [-0.3, -0.25) is 0 Å². The zero-order valence-corrected chi connectivity index (χ0v) is 13.6. The first-order chi connectivity index (χ1) is 12.2. The van der Waals surface area contributed by atoms with Crippen molar-refractivity contribution in [1.82, 2.24) is 0 Å². The third-order valence-corrected chi connectivity index (χ3v) is 4.62. The lowest BCUT2D eigenvalue weighted by Crippen LogP contribution is -2.28. The lowest BCUT2D eigenvalue weighted by Gasteiger charge is -2.30. The molecule has 2 nitrogen and oxygen atoms in total. The van der Waals surface area contributed by atoms with Crippen molar-refractivity contribution in [3.05, 3.63) is 114 Å². The molecule has 0 heterocycles. The highest BCUT2D eigenvalue weighted by Crippen LogP contribution is 2.37. The van der Waals surface area contributed by atoms with E-state index in [1.165, 1.54) is 0 Å². The first kappa shape index (κ1) is 15.4. The molecule has 0 aromatic heterocycles. The maximum Gasteiger partial charge on any atom is 0.140 e. The van der Waals surface area contributed by atoms with Gasteiger partial charge >= 0.3 is 0 Å². The Morgan fingerprint density at radius 2 is 1.04 bits per heavy atom. The molecule has 2 heteroatoms. The summed E-state index contributed by atoms with van der Waals surface area (Å²) in [6, 6.07) is 30.5. The van der Waals surface area contributed by atoms with Crippen molar-refractivity contribution in [2.45, 2.75) is 5.60 Å². The Hall–Kier alpha value is -3.10. The number of aliphatic hydroxyl groups is 1. The normalized spacial score (nSPS) is 11.6. The number of phenolic OH excluding ortho intramolecular Hbond substituents is 1. The Labute approximate surface area is 146 Å². The van der Waals surface area contributed by atoms with Crippen LogP contribution in [0.2, 0.25) is 0 Å². The van der Waals surface area contributed by atoms with Gasteiger partial charge in [0.1, 0.15) is 11.4 Å². The molecular formula is C23H18O2. The minimum Gasteiger partial charge on any atom is -0.508 e. The van der Waals surface area contributed by atoms with Crippen molar-refractivity contribution in [3.63, 3.8) is 0 Å². The van der Waals surface area contributed by atoms with E-state index in [-0.39, 0.29) is 5.75 Å². The van der Waals surface area contributed by atoms with Gasteiger partial charge in [0, 0.05) is 0 Å². The second-order valence-corrected chi connectivity index (χ2v) is 6.19.